The quantitative estimate of drug-likeness (QED) is 0.750. The molecule has 3 rings (SSSR count). The van der Waals surface area contributed by atoms with E-state index in [9.17, 15) is 13.2 Å². The molecule has 0 aliphatic carbocycles. The van der Waals surface area contributed by atoms with Crippen molar-refractivity contribution in [2.24, 2.45) is 5.92 Å². The molecule has 1 amide bonds. The number of nitrogens with zero attached hydrogens (tertiary/aromatic N) is 2. The van der Waals surface area contributed by atoms with E-state index in [0.717, 1.165) is 38.3 Å². The van der Waals surface area contributed by atoms with Crippen molar-refractivity contribution in [1.82, 2.24) is 9.21 Å². The molecule has 0 radical (unpaired) electrons. The number of ether oxygens (including phenoxy) is 1. The fraction of sp³-hybridized carbons (Fsp3) is 0.650. The Labute approximate surface area is 168 Å². The molecular weight excluding hydrogens is 378 g/mol. The van der Waals surface area contributed by atoms with E-state index < -0.39 is 10.0 Å². The van der Waals surface area contributed by atoms with Crippen molar-refractivity contribution in [2.75, 3.05) is 52.9 Å². The van der Waals surface area contributed by atoms with Crippen LogP contribution in [-0.2, 0) is 14.8 Å². The minimum atomic E-state index is -3.54. The molecule has 0 unspecified atom stereocenters. The molecule has 1 aromatic carbocycles. The molecule has 0 spiro atoms. The molecule has 156 valence electrons. The standard InChI is InChI=1S/C20H31N3O4S/c1-4-21-11-13-22(14-12-21)20(24)17-7-9-23(10-8-17)28(25,26)18-5-6-19(27-3)16(2)15-18/h5-6,15,17H,4,7-14H2,1-3H3/p+1. The van der Waals surface area contributed by atoms with Gasteiger partial charge in [0.15, 0.2) is 0 Å². The number of quaternary nitrogens is 1. The number of methoxy groups -OCH3 is 1. The number of sulfonamides is 1. The molecule has 0 atom stereocenters. The second-order valence-corrected chi connectivity index (χ2v) is 9.68. The number of carbonyl (C=O) groups is 1. The van der Waals surface area contributed by atoms with Gasteiger partial charge in [-0.25, -0.2) is 8.42 Å². The van der Waals surface area contributed by atoms with Crippen molar-refractivity contribution < 1.29 is 22.8 Å². The Morgan fingerprint density at radius 1 is 1.18 bits per heavy atom. The molecule has 1 N–H and O–H groups in total. The molecule has 7 nitrogen and oxygen atoms in total. The van der Waals surface area contributed by atoms with Crippen LogP contribution in [0.4, 0.5) is 0 Å². The first-order valence-electron chi connectivity index (χ1n) is 10.1. The van der Waals surface area contributed by atoms with Crippen LogP contribution in [0.2, 0.25) is 0 Å². The molecular formula is C20H32N3O4S+. The molecule has 2 heterocycles. The lowest BCUT2D eigenvalue weighted by Crippen LogP contribution is -3.14. The Kier molecular flexibility index (Phi) is 6.62. The summed E-state index contributed by atoms with van der Waals surface area (Å²) in [5.74, 6) is 0.813. The third-order valence-corrected chi connectivity index (χ3v) is 7.98. The Morgan fingerprint density at radius 3 is 2.36 bits per heavy atom. The summed E-state index contributed by atoms with van der Waals surface area (Å²) in [7, 11) is -1.97. The lowest BCUT2D eigenvalue weighted by molar-refractivity contribution is -0.902. The summed E-state index contributed by atoms with van der Waals surface area (Å²) in [4.78, 5) is 16.6. The fourth-order valence-electron chi connectivity index (χ4n) is 4.16. The molecule has 2 fully saturated rings. The third-order valence-electron chi connectivity index (χ3n) is 6.09. The number of hydrogen-bond donors (Lipinski definition) is 1. The Hall–Kier alpha value is -1.64. The minimum Gasteiger partial charge on any atom is -0.496 e. The molecule has 1 aromatic rings. The molecule has 0 saturated carbocycles. The van der Waals surface area contributed by atoms with Crippen LogP contribution < -0.4 is 9.64 Å². The van der Waals surface area contributed by atoms with E-state index in [4.69, 9.17) is 4.74 Å². The maximum absolute atomic E-state index is 13.0. The van der Waals surface area contributed by atoms with Crippen molar-refractivity contribution in [1.29, 1.82) is 0 Å². The van der Waals surface area contributed by atoms with E-state index in [1.165, 1.54) is 4.31 Å². The maximum atomic E-state index is 13.0. The summed E-state index contributed by atoms with van der Waals surface area (Å²) >= 11 is 0. The second-order valence-electron chi connectivity index (χ2n) is 7.74. The molecule has 28 heavy (non-hydrogen) atoms. The molecule has 0 aromatic heterocycles. The third kappa shape index (κ3) is 4.34. The normalized spacial score (nSPS) is 20.3. The van der Waals surface area contributed by atoms with Gasteiger partial charge in [0, 0.05) is 19.0 Å². The highest BCUT2D eigenvalue weighted by Gasteiger charge is 2.35. The van der Waals surface area contributed by atoms with Gasteiger partial charge in [0.1, 0.15) is 5.75 Å². The lowest BCUT2D eigenvalue weighted by Gasteiger charge is -2.36. The van der Waals surface area contributed by atoms with Crippen LogP contribution in [0, 0.1) is 12.8 Å². The van der Waals surface area contributed by atoms with Crippen LogP contribution in [-0.4, -0.2) is 76.5 Å². The maximum Gasteiger partial charge on any atom is 0.243 e. The highest BCUT2D eigenvalue weighted by atomic mass is 32.2. The minimum absolute atomic E-state index is 0.0627. The number of likely N-dealkylation sites (N-methyl/N-ethyl adjacent to an activating group) is 1. The number of benzene rings is 1. The van der Waals surface area contributed by atoms with Gasteiger partial charge in [-0.2, -0.15) is 4.31 Å². The molecule has 2 aliphatic rings. The number of carbonyl (C=O) groups excluding carboxylic acids is 1. The van der Waals surface area contributed by atoms with Gasteiger partial charge in [0.25, 0.3) is 0 Å². The van der Waals surface area contributed by atoms with Gasteiger partial charge in [0.2, 0.25) is 15.9 Å². The predicted octanol–water partition coefficient (Wildman–Crippen LogP) is 0.151. The smallest absolute Gasteiger partial charge is 0.243 e. The van der Waals surface area contributed by atoms with Crippen molar-refractivity contribution in [3.63, 3.8) is 0 Å². The summed E-state index contributed by atoms with van der Waals surface area (Å²) in [6, 6.07) is 4.94. The van der Waals surface area contributed by atoms with Crippen molar-refractivity contribution in [3.05, 3.63) is 23.8 Å². The molecule has 2 saturated heterocycles. The zero-order valence-electron chi connectivity index (χ0n) is 17.1. The van der Waals surface area contributed by atoms with E-state index in [-0.39, 0.29) is 16.7 Å². The van der Waals surface area contributed by atoms with Gasteiger partial charge in [-0.05, 0) is 50.5 Å². The summed E-state index contributed by atoms with van der Waals surface area (Å²) in [5, 5.41) is 0. The number of hydrogen-bond acceptors (Lipinski definition) is 4. The van der Waals surface area contributed by atoms with Gasteiger partial charge in [-0.1, -0.05) is 0 Å². The van der Waals surface area contributed by atoms with Gasteiger partial charge in [-0.3, -0.25) is 4.79 Å². The topological polar surface area (TPSA) is 71.4 Å². The van der Waals surface area contributed by atoms with E-state index >= 15 is 0 Å². The van der Waals surface area contributed by atoms with E-state index in [0.29, 0.717) is 31.7 Å². The lowest BCUT2D eigenvalue weighted by atomic mass is 9.96. The largest absolute Gasteiger partial charge is 0.496 e. The first-order chi connectivity index (χ1) is 13.4. The zero-order chi connectivity index (χ0) is 20.3. The first kappa shape index (κ1) is 21.1. The number of nitrogens with one attached hydrogen (secondary N) is 1. The van der Waals surface area contributed by atoms with Crippen LogP contribution in [0.5, 0.6) is 5.75 Å². The summed E-state index contributed by atoms with van der Waals surface area (Å²) in [6.07, 6.45) is 1.18. The summed E-state index contributed by atoms with van der Waals surface area (Å²) in [5.41, 5.74) is 0.794. The van der Waals surface area contributed by atoms with Gasteiger partial charge >= 0.3 is 0 Å². The SMILES string of the molecule is CC[NH+]1CCN(C(=O)C2CCN(S(=O)(=O)c3ccc(OC)c(C)c3)CC2)CC1. The second kappa shape index (κ2) is 8.80. The molecule has 2 aliphatic heterocycles. The highest BCUT2D eigenvalue weighted by molar-refractivity contribution is 7.89. The van der Waals surface area contributed by atoms with E-state index in [1.54, 1.807) is 30.2 Å². The Bertz CT molecular complexity index is 796. The molecule has 0 bridgehead atoms. The zero-order valence-corrected chi connectivity index (χ0v) is 17.9. The van der Waals surface area contributed by atoms with Crippen LogP contribution in [0.15, 0.2) is 23.1 Å². The number of aryl methyl sites for hydroxylation is 1. The summed E-state index contributed by atoms with van der Waals surface area (Å²) < 4.78 is 32.7. The average molecular weight is 411 g/mol. The number of amides is 1. The Morgan fingerprint density at radius 2 is 1.82 bits per heavy atom. The van der Waals surface area contributed by atoms with Crippen LogP contribution in [0.25, 0.3) is 0 Å². The van der Waals surface area contributed by atoms with Gasteiger partial charge in [-0.15, -0.1) is 0 Å². The number of piperazine rings is 1. The fourth-order valence-corrected chi connectivity index (χ4v) is 5.71. The summed E-state index contributed by atoms with van der Waals surface area (Å²) in [6.45, 7) is 9.53. The van der Waals surface area contributed by atoms with Gasteiger partial charge < -0.3 is 14.5 Å². The van der Waals surface area contributed by atoms with Crippen LogP contribution in [0.3, 0.4) is 0 Å². The predicted molar refractivity (Wildman–Crippen MR) is 107 cm³/mol. The van der Waals surface area contributed by atoms with Crippen LogP contribution >= 0.6 is 0 Å². The van der Waals surface area contributed by atoms with Crippen LogP contribution in [0.1, 0.15) is 25.3 Å². The number of piperidine rings is 1. The first-order valence-corrected chi connectivity index (χ1v) is 11.6. The van der Waals surface area contributed by atoms with E-state index in [2.05, 4.69) is 6.92 Å². The highest BCUT2D eigenvalue weighted by Crippen LogP contribution is 2.27. The van der Waals surface area contributed by atoms with Crippen molar-refractivity contribution >= 4 is 15.9 Å². The monoisotopic (exact) mass is 410 g/mol. The van der Waals surface area contributed by atoms with E-state index in [1.807, 2.05) is 11.8 Å². The average Bonchev–Trinajstić information content (AvgIpc) is 2.73. The molecule has 8 heteroatoms. The van der Waals surface area contributed by atoms with Crippen molar-refractivity contribution in [3.8, 4) is 5.75 Å². The number of rotatable bonds is 5. The Balaban J connectivity index is 1.60. The van der Waals surface area contributed by atoms with Crippen molar-refractivity contribution in [2.45, 2.75) is 31.6 Å². The van der Waals surface area contributed by atoms with Gasteiger partial charge in [0.05, 0.1) is 44.7 Å².